The molecule has 0 aliphatic heterocycles. The highest BCUT2D eigenvalue weighted by molar-refractivity contribution is 7.95. The van der Waals surface area contributed by atoms with E-state index in [9.17, 15) is 9.90 Å². The van der Waals surface area contributed by atoms with Crippen molar-refractivity contribution in [2.75, 3.05) is 6.16 Å². The topological polar surface area (TPSA) is 45.1 Å². The second-order valence-corrected chi connectivity index (χ2v) is 12.8. The lowest BCUT2D eigenvalue weighted by atomic mass is 10.2. The fraction of sp³-hybridized carbons (Fsp3) is 0.0606. The van der Waals surface area contributed by atoms with Crippen molar-refractivity contribution in [2.45, 2.75) is 6.04 Å². The van der Waals surface area contributed by atoms with Crippen molar-refractivity contribution in [1.29, 1.82) is 0 Å². The van der Waals surface area contributed by atoms with Gasteiger partial charge in [-0.1, -0.05) is 91.0 Å². The van der Waals surface area contributed by atoms with Gasteiger partial charge in [0.2, 0.25) is 0 Å². The summed E-state index contributed by atoms with van der Waals surface area (Å²) in [5.74, 6) is -1.07. The Kier molecular flexibility index (Phi) is 6.08. The van der Waals surface area contributed by atoms with Crippen LogP contribution < -0.4 is 21.0 Å². The number of carbonyl (C=O) groups excluding carboxylic acids is 1. The van der Waals surface area contributed by atoms with Gasteiger partial charge in [0.15, 0.2) is 0 Å². The van der Waals surface area contributed by atoms with Gasteiger partial charge in [0.05, 0.1) is 12.1 Å². The van der Waals surface area contributed by atoms with E-state index in [1.807, 2.05) is 95.6 Å². The van der Waals surface area contributed by atoms with Crippen molar-refractivity contribution in [3.05, 3.63) is 140 Å². The van der Waals surface area contributed by atoms with Crippen LogP contribution in [-0.2, 0) is 4.79 Å². The van der Waals surface area contributed by atoms with E-state index in [1.165, 1.54) is 0 Å². The third-order valence-corrected chi connectivity index (χ3v) is 11.7. The number of carbonyl (C=O) groups is 1. The van der Waals surface area contributed by atoms with Crippen LogP contribution in [0.2, 0.25) is 0 Å². The van der Waals surface area contributed by atoms with Gasteiger partial charge in [-0.15, -0.1) is 0 Å². The molecule has 180 valence electrons. The lowest BCUT2D eigenvalue weighted by Crippen LogP contribution is -2.42. The lowest BCUT2D eigenvalue weighted by Gasteiger charge is -2.32. The highest BCUT2D eigenvalue weighted by Crippen LogP contribution is 2.57. The van der Waals surface area contributed by atoms with Crippen LogP contribution in [0.1, 0.15) is 6.04 Å². The molecule has 0 saturated carbocycles. The summed E-state index contributed by atoms with van der Waals surface area (Å²) in [6, 6.07) is 46.4. The number of para-hydroxylation sites is 2. The van der Waals surface area contributed by atoms with E-state index >= 15 is 0 Å². The maximum atomic E-state index is 13.1. The summed E-state index contributed by atoms with van der Waals surface area (Å²) in [6.07, 6.45) is 0.399. The van der Waals surface area contributed by atoms with Gasteiger partial charge in [0, 0.05) is 21.8 Å². The Morgan fingerprint density at radius 1 is 0.568 bits per heavy atom. The normalized spacial score (nSPS) is 12.5. The van der Waals surface area contributed by atoms with E-state index in [0.29, 0.717) is 6.16 Å². The van der Waals surface area contributed by atoms with Gasteiger partial charge >= 0.3 is 0 Å². The molecular weight excluding hydrogens is 473 g/mol. The molecule has 1 aromatic heterocycles. The molecule has 0 amide bonds. The summed E-state index contributed by atoms with van der Waals surface area (Å²) in [5, 5.41) is 18.7. The second-order valence-electron chi connectivity index (χ2n) is 9.24. The SMILES string of the molecule is O=C([O-])C(C[P+](c1ccccc1)(c1ccccc1)c1ccccc1)n1c2ccccc2c2ccccc21. The molecule has 6 aromatic rings. The van der Waals surface area contributed by atoms with E-state index < -0.39 is 19.3 Å². The zero-order chi connectivity index (χ0) is 25.2. The van der Waals surface area contributed by atoms with Crippen LogP contribution in [0.25, 0.3) is 21.8 Å². The van der Waals surface area contributed by atoms with Gasteiger partial charge in [-0.25, -0.2) is 0 Å². The third-order valence-electron chi connectivity index (χ3n) is 7.24. The Labute approximate surface area is 217 Å². The Bertz CT molecular complexity index is 1530. The van der Waals surface area contributed by atoms with Crippen LogP contribution >= 0.6 is 7.26 Å². The first-order chi connectivity index (χ1) is 18.2. The number of hydrogen-bond acceptors (Lipinski definition) is 2. The van der Waals surface area contributed by atoms with Gasteiger partial charge in [-0.2, -0.15) is 0 Å². The number of aromatic nitrogens is 1. The van der Waals surface area contributed by atoms with E-state index in [1.54, 1.807) is 0 Å². The first kappa shape index (κ1) is 23.2. The van der Waals surface area contributed by atoms with Crippen LogP contribution in [0.15, 0.2) is 140 Å². The van der Waals surface area contributed by atoms with Crippen molar-refractivity contribution in [3.63, 3.8) is 0 Å². The average Bonchev–Trinajstić information content (AvgIpc) is 3.29. The predicted octanol–water partition coefficient (Wildman–Crippen LogP) is 5.08. The number of nitrogens with zero attached hydrogens (tertiary/aromatic N) is 1. The van der Waals surface area contributed by atoms with Crippen LogP contribution in [0.4, 0.5) is 0 Å². The van der Waals surface area contributed by atoms with Gasteiger partial charge < -0.3 is 14.5 Å². The molecule has 3 nitrogen and oxygen atoms in total. The molecule has 37 heavy (non-hydrogen) atoms. The molecule has 0 fully saturated rings. The molecule has 6 rings (SSSR count). The highest BCUT2D eigenvalue weighted by atomic mass is 31.2. The van der Waals surface area contributed by atoms with Crippen molar-refractivity contribution >= 4 is 51.0 Å². The number of rotatable bonds is 7. The molecule has 0 radical (unpaired) electrons. The van der Waals surface area contributed by atoms with Crippen molar-refractivity contribution < 1.29 is 9.90 Å². The Balaban J connectivity index is 1.67. The molecule has 0 bridgehead atoms. The fourth-order valence-corrected chi connectivity index (χ4v) is 10.0. The molecule has 0 saturated heterocycles. The quantitative estimate of drug-likeness (QED) is 0.288. The molecule has 4 heteroatoms. The summed E-state index contributed by atoms with van der Waals surface area (Å²) < 4.78 is 1.99. The Morgan fingerprint density at radius 2 is 0.919 bits per heavy atom. The molecule has 1 atom stereocenters. The predicted molar refractivity (Wildman–Crippen MR) is 154 cm³/mol. The summed E-state index contributed by atoms with van der Waals surface area (Å²) in [6.45, 7) is 0. The number of hydrogen-bond donors (Lipinski definition) is 0. The second kappa shape index (κ2) is 9.69. The van der Waals surface area contributed by atoms with E-state index in [4.69, 9.17) is 0 Å². The standard InChI is InChI=1S/C33H26NO2P/c35-33(36)32(34-30-22-12-10-20-28(30)29-21-11-13-23-31(29)34)24-37(25-14-4-1-5-15-25,26-16-6-2-7-17-26)27-18-8-3-9-19-27/h1-23,32H,24H2. The van der Waals surface area contributed by atoms with Crippen molar-refractivity contribution in [2.24, 2.45) is 0 Å². The summed E-state index contributed by atoms with van der Waals surface area (Å²) >= 11 is 0. The van der Waals surface area contributed by atoms with Crippen LogP contribution in [-0.4, -0.2) is 16.7 Å². The molecular formula is C33H26NO2P. The molecule has 1 unspecified atom stereocenters. The summed E-state index contributed by atoms with van der Waals surface area (Å²) in [4.78, 5) is 13.1. The number of fused-ring (bicyclic) bond motifs is 3. The molecule has 1 heterocycles. The maximum Gasteiger partial charge on any atom is 0.114 e. The first-order valence-electron chi connectivity index (χ1n) is 12.4. The van der Waals surface area contributed by atoms with Gasteiger partial charge in [0.25, 0.3) is 0 Å². The Hall–Kier alpha value is -4.20. The molecule has 5 aromatic carbocycles. The molecule has 0 spiro atoms. The van der Waals surface area contributed by atoms with E-state index in [2.05, 4.69) is 48.5 Å². The average molecular weight is 500 g/mol. The lowest BCUT2D eigenvalue weighted by molar-refractivity contribution is -0.309. The van der Waals surface area contributed by atoms with Crippen LogP contribution in [0.5, 0.6) is 0 Å². The summed E-state index contributed by atoms with van der Waals surface area (Å²) in [7, 11) is -2.40. The number of benzene rings is 5. The number of carboxylic acid groups (broad SMARTS) is 1. The zero-order valence-electron chi connectivity index (χ0n) is 20.3. The minimum absolute atomic E-state index is 0.399. The van der Waals surface area contributed by atoms with E-state index in [0.717, 1.165) is 37.7 Å². The van der Waals surface area contributed by atoms with Crippen LogP contribution in [0.3, 0.4) is 0 Å². The van der Waals surface area contributed by atoms with Gasteiger partial charge in [-0.05, 0) is 48.5 Å². The van der Waals surface area contributed by atoms with Gasteiger partial charge in [0.1, 0.15) is 29.2 Å². The maximum absolute atomic E-state index is 13.1. The van der Waals surface area contributed by atoms with Crippen molar-refractivity contribution in [3.8, 4) is 0 Å². The smallest absolute Gasteiger partial charge is 0.114 e. The molecule has 0 N–H and O–H groups in total. The number of carboxylic acids is 1. The van der Waals surface area contributed by atoms with Crippen LogP contribution in [0, 0.1) is 0 Å². The molecule has 0 aliphatic rings. The fourth-order valence-electron chi connectivity index (χ4n) is 5.62. The largest absolute Gasteiger partial charge is 0.548 e. The minimum atomic E-state index is -2.40. The Morgan fingerprint density at radius 3 is 1.30 bits per heavy atom. The zero-order valence-corrected chi connectivity index (χ0v) is 21.2. The highest BCUT2D eigenvalue weighted by Gasteiger charge is 2.48. The monoisotopic (exact) mass is 499 g/mol. The van der Waals surface area contributed by atoms with E-state index in [-0.39, 0.29) is 0 Å². The molecule has 0 aliphatic carbocycles. The van der Waals surface area contributed by atoms with Crippen molar-refractivity contribution in [1.82, 2.24) is 4.57 Å². The third kappa shape index (κ3) is 3.93. The number of aliphatic carboxylic acids is 1. The summed E-state index contributed by atoms with van der Waals surface area (Å²) in [5.41, 5.74) is 1.82. The van der Waals surface area contributed by atoms with Gasteiger partial charge in [-0.3, -0.25) is 0 Å². The first-order valence-corrected chi connectivity index (χ1v) is 14.4. The minimum Gasteiger partial charge on any atom is -0.548 e.